The molecule has 0 aliphatic heterocycles. The van der Waals surface area contributed by atoms with E-state index in [0.29, 0.717) is 12.0 Å². The first kappa shape index (κ1) is 18.8. The molecule has 1 unspecified atom stereocenters. The Hall–Kier alpha value is -0.560. The number of hydrogen-bond donors (Lipinski definition) is 1. The fourth-order valence-corrected chi connectivity index (χ4v) is 4.36. The quantitative estimate of drug-likeness (QED) is 0.642. The number of hydrogen-bond acceptors (Lipinski definition) is 2. The molecule has 2 N–H and O–H groups in total. The van der Waals surface area contributed by atoms with Crippen LogP contribution in [0.2, 0.25) is 0 Å². The summed E-state index contributed by atoms with van der Waals surface area (Å²) in [6, 6.07) is 3.03. The highest BCUT2D eigenvalue weighted by molar-refractivity contribution is 9.11. The van der Waals surface area contributed by atoms with Gasteiger partial charge >= 0.3 is 0 Å². The summed E-state index contributed by atoms with van der Waals surface area (Å²) in [6.45, 7) is 0. The zero-order valence-corrected chi connectivity index (χ0v) is 16.1. The maximum atomic E-state index is 13.3. The number of benzene rings is 1. The summed E-state index contributed by atoms with van der Waals surface area (Å²) in [4.78, 5) is 4.54. The number of nitrogens with zero attached hydrogens (tertiary/aromatic N) is 1. The van der Waals surface area contributed by atoms with Crippen LogP contribution in [0.25, 0.3) is 0 Å². The summed E-state index contributed by atoms with van der Waals surface area (Å²) in [5, 5.41) is 0. The lowest BCUT2D eigenvalue weighted by Gasteiger charge is -2.17. The standard InChI is InChI=1S/C16H14Br2F2N2.ClH/c17-14-11-2-1-3-12(11)16(18)22-15(14)13(21)6-8-4-9(19)7-10(20)5-8;/h4-5,7,13H,1-3,6,21H2;1H. The Balaban J connectivity index is 0.00000192. The van der Waals surface area contributed by atoms with Crippen molar-refractivity contribution in [1.29, 1.82) is 0 Å². The number of rotatable bonds is 3. The van der Waals surface area contributed by atoms with Gasteiger partial charge in [-0.2, -0.15) is 0 Å². The first-order valence-corrected chi connectivity index (χ1v) is 8.61. The predicted octanol–water partition coefficient (Wildman–Crippen LogP) is 5.04. The second kappa shape index (κ2) is 7.55. The third-order valence-electron chi connectivity index (χ3n) is 3.90. The van der Waals surface area contributed by atoms with Gasteiger partial charge in [-0.25, -0.2) is 13.8 Å². The van der Waals surface area contributed by atoms with Gasteiger partial charge in [0, 0.05) is 10.5 Å². The first-order chi connectivity index (χ1) is 10.5. The molecule has 0 fully saturated rings. The van der Waals surface area contributed by atoms with Crippen molar-refractivity contribution in [2.45, 2.75) is 31.7 Å². The van der Waals surface area contributed by atoms with Crippen LogP contribution >= 0.6 is 44.3 Å². The monoisotopic (exact) mass is 466 g/mol. The lowest BCUT2D eigenvalue weighted by Crippen LogP contribution is -2.17. The molecule has 1 atom stereocenters. The molecule has 7 heteroatoms. The lowest BCUT2D eigenvalue weighted by molar-refractivity contribution is 0.575. The van der Waals surface area contributed by atoms with Crippen molar-refractivity contribution in [3.8, 4) is 0 Å². The Morgan fingerprint density at radius 3 is 2.35 bits per heavy atom. The van der Waals surface area contributed by atoms with Crippen LogP contribution in [0.1, 0.15) is 34.8 Å². The van der Waals surface area contributed by atoms with Crippen LogP contribution in [0.5, 0.6) is 0 Å². The zero-order chi connectivity index (χ0) is 15.9. The summed E-state index contributed by atoms with van der Waals surface area (Å²) in [5.74, 6) is -1.19. The molecule has 1 aromatic carbocycles. The highest BCUT2D eigenvalue weighted by Gasteiger charge is 2.24. The second-order valence-electron chi connectivity index (χ2n) is 5.50. The zero-order valence-electron chi connectivity index (χ0n) is 12.1. The average Bonchev–Trinajstić information content (AvgIpc) is 2.91. The van der Waals surface area contributed by atoms with Crippen molar-refractivity contribution in [3.05, 3.63) is 61.3 Å². The second-order valence-corrected chi connectivity index (χ2v) is 7.04. The molecule has 1 heterocycles. The third kappa shape index (κ3) is 3.92. The predicted molar refractivity (Wildman–Crippen MR) is 95.9 cm³/mol. The third-order valence-corrected chi connectivity index (χ3v) is 5.45. The summed E-state index contributed by atoms with van der Waals surface area (Å²) < 4.78 is 28.3. The number of halogens is 5. The molecule has 0 spiro atoms. The van der Waals surface area contributed by atoms with Gasteiger partial charge in [-0.05, 0) is 86.4 Å². The van der Waals surface area contributed by atoms with Gasteiger partial charge in [-0.1, -0.05) is 0 Å². The number of nitrogens with two attached hydrogens (primary N) is 1. The molecule has 0 amide bonds. The highest BCUT2D eigenvalue weighted by Crippen LogP contribution is 2.37. The molecular weight excluding hydrogens is 453 g/mol. The minimum atomic E-state index is -0.593. The van der Waals surface area contributed by atoms with E-state index in [1.807, 2.05) is 0 Å². The first-order valence-electron chi connectivity index (χ1n) is 7.03. The van der Waals surface area contributed by atoms with Gasteiger partial charge in [0.15, 0.2) is 0 Å². The van der Waals surface area contributed by atoms with Crippen LogP contribution in [-0.4, -0.2) is 4.98 Å². The van der Waals surface area contributed by atoms with Gasteiger partial charge in [0.05, 0.1) is 11.7 Å². The van der Waals surface area contributed by atoms with Crippen LogP contribution in [0, 0.1) is 11.6 Å². The molecule has 2 aromatic rings. The number of fused-ring (bicyclic) bond motifs is 1. The molecule has 3 rings (SSSR count). The fourth-order valence-electron chi connectivity index (χ4n) is 2.92. The Morgan fingerprint density at radius 1 is 1.09 bits per heavy atom. The highest BCUT2D eigenvalue weighted by atomic mass is 79.9. The Kier molecular flexibility index (Phi) is 6.16. The van der Waals surface area contributed by atoms with E-state index < -0.39 is 17.7 Å². The van der Waals surface area contributed by atoms with Crippen molar-refractivity contribution < 1.29 is 8.78 Å². The van der Waals surface area contributed by atoms with Crippen molar-refractivity contribution in [3.63, 3.8) is 0 Å². The number of aromatic nitrogens is 1. The maximum absolute atomic E-state index is 13.3. The minimum absolute atomic E-state index is 0. The van der Waals surface area contributed by atoms with E-state index in [0.717, 1.165) is 40.1 Å². The van der Waals surface area contributed by atoms with Gasteiger partial charge in [-0.3, -0.25) is 0 Å². The largest absolute Gasteiger partial charge is 0.322 e. The van der Waals surface area contributed by atoms with Crippen molar-refractivity contribution in [2.24, 2.45) is 5.73 Å². The van der Waals surface area contributed by atoms with E-state index in [1.165, 1.54) is 23.3 Å². The molecule has 0 bridgehead atoms. The molecule has 0 saturated heterocycles. The average molecular weight is 469 g/mol. The molecule has 2 nitrogen and oxygen atoms in total. The smallest absolute Gasteiger partial charge is 0.126 e. The Labute approximate surface area is 156 Å². The van der Waals surface area contributed by atoms with E-state index >= 15 is 0 Å². The van der Waals surface area contributed by atoms with Gasteiger partial charge in [0.25, 0.3) is 0 Å². The van der Waals surface area contributed by atoms with Crippen LogP contribution in [0.3, 0.4) is 0 Å². The topological polar surface area (TPSA) is 38.9 Å². The summed E-state index contributed by atoms with van der Waals surface area (Å²) in [5.41, 5.74) is 9.93. The van der Waals surface area contributed by atoms with Crippen molar-refractivity contribution in [1.82, 2.24) is 4.98 Å². The summed E-state index contributed by atoms with van der Waals surface area (Å²) in [7, 11) is 0. The molecule has 1 aromatic heterocycles. The molecule has 0 saturated carbocycles. The minimum Gasteiger partial charge on any atom is -0.322 e. The van der Waals surface area contributed by atoms with E-state index in [2.05, 4.69) is 36.8 Å². The van der Waals surface area contributed by atoms with Gasteiger partial charge in [0.1, 0.15) is 16.2 Å². The van der Waals surface area contributed by atoms with Crippen LogP contribution < -0.4 is 5.73 Å². The molecule has 23 heavy (non-hydrogen) atoms. The molecule has 1 aliphatic rings. The Morgan fingerprint density at radius 2 is 1.70 bits per heavy atom. The molecular formula is C16H15Br2ClF2N2. The van der Waals surface area contributed by atoms with E-state index in [-0.39, 0.29) is 12.4 Å². The number of pyridine rings is 1. The fraction of sp³-hybridized carbons (Fsp3) is 0.312. The van der Waals surface area contributed by atoms with Crippen LogP contribution in [0.4, 0.5) is 8.78 Å². The van der Waals surface area contributed by atoms with Gasteiger partial charge < -0.3 is 5.73 Å². The molecule has 124 valence electrons. The molecule has 0 radical (unpaired) electrons. The maximum Gasteiger partial charge on any atom is 0.126 e. The lowest BCUT2D eigenvalue weighted by atomic mass is 10.0. The summed E-state index contributed by atoms with van der Waals surface area (Å²) in [6.07, 6.45) is 3.42. The SMILES string of the molecule is Cl.NC(Cc1cc(F)cc(F)c1)c1nc(Br)c2c(c1Br)CCC2. The van der Waals surface area contributed by atoms with Gasteiger partial charge in [0.2, 0.25) is 0 Å². The van der Waals surface area contributed by atoms with Crippen molar-refractivity contribution >= 4 is 44.3 Å². The molecule has 1 aliphatic carbocycles. The van der Waals surface area contributed by atoms with E-state index in [9.17, 15) is 8.78 Å². The van der Waals surface area contributed by atoms with Crippen LogP contribution in [0.15, 0.2) is 27.3 Å². The van der Waals surface area contributed by atoms with E-state index in [1.54, 1.807) is 0 Å². The normalized spacial score (nSPS) is 14.3. The summed E-state index contributed by atoms with van der Waals surface area (Å²) >= 11 is 7.10. The van der Waals surface area contributed by atoms with Gasteiger partial charge in [-0.15, -0.1) is 12.4 Å². The van der Waals surface area contributed by atoms with E-state index in [4.69, 9.17) is 5.73 Å². The van der Waals surface area contributed by atoms with Crippen molar-refractivity contribution in [2.75, 3.05) is 0 Å². The Bertz CT molecular complexity index is 720. The van der Waals surface area contributed by atoms with Crippen LogP contribution in [-0.2, 0) is 19.3 Å².